The third-order valence-electron chi connectivity index (χ3n) is 2.41. The molecule has 0 heterocycles. The van der Waals surface area contributed by atoms with Crippen molar-refractivity contribution in [1.29, 1.82) is 0 Å². The number of likely N-dealkylation sites (N-methyl/N-ethyl adjacent to an activating group) is 1. The first-order valence-electron chi connectivity index (χ1n) is 6.12. The predicted molar refractivity (Wildman–Crippen MR) is 81.3 cm³/mol. The monoisotopic (exact) mass is 311 g/mol. The fraction of sp³-hybridized carbons (Fsp3) is 0.308. The molecule has 0 saturated carbocycles. The van der Waals surface area contributed by atoms with Gasteiger partial charge in [0.1, 0.15) is 5.75 Å². The molecule has 0 fully saturated rings. The molecule has 0 aliphatic heterocycles. The van der Waals surface area contributed by atoms with E-state index < -0.39 is 11.3 Å². The Bertz CT molecular complexity index is 519. The Morgan fingerprint density at radius 2 is 1.90 bits per heavy atom. The third-order valence-corrected chi connectivity index (χ3v) is 3.10. The lowest BCUT2D eigenvalue weighted by molar-refractivity contribution is -0.126. The molecule has 4 N–H and O–H groups in total. The van der Waals surface area contributed by atoms with Crippen LogP contribution in [0.5, 0.6) is 5.75 Å². The molecule has 0 aliphatic carbocycles. The van der Waals surface area contributed by atoms with Crippen molar-refractivity contribution in [2.75, 3.05) is 18.1 Å². The number of nitrogens with two attached hydrogens (primary N) is 1. The minimum atomic E-state index is -0.609. The summed E-state index contributed by atoms with van der Waals surface area (Å²) in [6.07, 6.45) is -0.609. The molecule has 21 heavy (non-hydrogen) atoms. The number of amides is 3. The predicted octanol–water partition coefficient (Wildman–Crippen LogP) is 0.950. The van der Waals surface area contributed by atoms with E-state index in [0.29, 0.717) is 11.4 Å². The maximum Gasteiger partial charge on any atom is 0.276 e. The van der Waals surface area contributed by atoms with Crippen LogP contribution in [0.2, 0.25) is 0 Å². The van der Waals surface area contributed by atoms with Crippen molar-refractivity contribution in [2.45, 2.75) is 13.0 Å². The van der Waals surface area contributed by atoms with Crippen LogP contribution in [0, 0.1) is 0 Å². The van der Waals surface area contributed by atoms with E-state index in [-0.39, 0.29) is 17.6 Å². The normalized spacial score (nSPS) is 11.3. The molecule has 114 valence electrons. The van der Waals surface area contributed by atoms with E-state index in [2.05, 4.69) is 10.6 Å². The van der Waals surface area contributed by atoms with Gasteiger partial charge >= 0.3 is 0 Å². The van der Waals surface area contributed by atoms with Crippen molar-refractivity contribution in [1.82, 2.24) is 5.32 Å². The van der Waals surface area contributed by atoms with Crippen molar-refractivity contribution >= 4 is 34.5 Å². The molecule has 7 nitrogen and oxygen atoms in total. The van der Waals surface area contributed by atoms with E-state index >= 15 is 0 Å². The van der Waals surface area contributed by atoms with E-state index in [1.165, 1.54) is 7.05 Å². The second kappa shape index (κ2) is 8.15. The Kier molecular flexibility index (Phi) is 6.54. The number of benzene rings is 1. The van der Waals surface area contributed by atoms with Crippen molar-refractivity contribution in [2.24, 2.45) is 5.73 Å². The molecule has 1 aromatic carbocycles. The molecule has 0 spiro atoms. The van der Waals surface area contributed by atoms with Gasteiger partial charge in [-0.3, -0.25) is 14.4 Å². The minimum absolute atomic E-state index is 0.0404. The number of primary amides is 1. The van der Waals surface area contributed by atoms with Crippen LogP contribution < -0.4 is 21.1 Å². The fourth-order valence-electron chi connectivity index (χ4n) is 1.41. The number of thioether (sulfide) groups is 1. The van der Waals surface area contributed by atoms with Crippen LogP contribution in [0.4, 0.5) is 10.5 Å². The number of anilines is 1. The highest BCUT2D eigenvalue weighted by molar-refractivity contribution is 8.14. The molecule has 0 saturated heterocycles. The highest BCUT2D eigenvalue weighted by Crippen LogP contribution is 2.17. The van der Waals surface area contributed by atoms with Crippen LogP contribution in [0.25, 0.3) is 0 Å². The van der Waals surface area contributed by atoms with Gasteiger partial charge in [0, 0.05) is 12.7 Å². The van der Waals surface area contributed by atoms with Crippen LogP contribution in [-0.2, 0) is 9.59 Å². The number of hydrogen-bond acceptors (Lipinski definition) is 5. The quantitative estimate of drug-likeness (QED) is 0.724. The molecule has 1 rings (SSSR count). The molecule has 0 aliphatic rings. The van der Waals surface area contributed by atoms with E-state index in [9.17, 15) is 14.4 Å². The van der Waals surface area contributed by atoms with Crippen molar-refractivity contribution < 1.29 is 19.1 Å². The first-order valence-corrected chi connectivity index (χ1v) is 7.11. The van der Waals surface area contributed by atoms with Gasteiger partial charge in [-0.05, 0) is 31.2 Å². The molecule has 1 atom stereocenters. The lowest BCUT2D eigenvalue weighted by atomic mass is 10.3. The molecule has 1 unspecified atom stereocenters. The summed E-state index contributed by atoms with van der Waals surface area (Å²) >= 11 is 0.734. The van der Waals surface area contributed by atoms with Gasteiger partial charge in [-0.1, -0.05) is 11.8 Å². The van der Waals surface area contributed by atoms with E-state index in [1.807, 2.05) is 0 Å². The number of rotatable bonds is 6. The van der Waals surface area contributed by atoms with Crippen molar-refractivity contribution in [3.8, 4) is 5.75 Å². The Labute approximate surface area is 126 Å². The largest absolute Gasteiger partial charge is 0.481 e. The lowest BCUT2D eigenvalue weighted by Gasteiger charge is -2.13. The summed E-state index contributed by atoms with van der Waals surface area (Å²) < 4.78 is 5.42. The van der Waals surface area contributed by atoms with Gasteiger partial charge < -0.3 is 21.1 Å². The van der Waals surface area contributed by atoms with Crippen molar-refractivity contribution in [3.63, 3.8) is 0 Å². The maximum atomic E-state index is 11.5. The summed E-state index contributed by atoms with van der Waals surface area (Å²) in [6.45, 7) is 1.63. The SMILES string of the molecule is CNC(=O)C(C)Oc1ccc(NC(=O)CSC(N)=O)cc1. The summed E-state index contributed by atoms with van der Waals surface area (Å²) in [6, 6.07) is 6.55. The Morgan fingerprint density at radius 3 is 2.43 bits per heavy atom. The summed E-state index contributed by atoms with van der Waals surface area (Å²) in [5.41, 5.74) is 5.49. The summed E-state index contributed by atoms with van der Waals surface area (Å²) in [7, 11) is 1.53. The van der Waals surface area contributed by atoms with Crippen LogP contribution in [0.3, 0.4) is 0 Å². The van der Waals surface area contributed by atoms with Crippen molar-refractivity contribution in [3.05, 3.63) is 24.3 Å². The zero-order valence-corrected chi connectivity index (χ0v) is 12.5. The Hall–Kier alpha value is -2.22. The standard InChI is InChI=1S/C13H17N3O4S/c1-8(12(18)15-2)20-10-5-3-9(4-6-10)16-11(17)7-21-13(14)19/h3-6,8H,7H2,1-2H3,(H2,14,19)(H,15,18)(H,16,17). The van der Waals surface area contributed by atoms with E-state index in [0.717, 1.165) is 11.8 Å². The molecular formula is C13H17N3O4S. The smallest absolute Gasteiger partial charge is 0.276 e. The van der Waals surface area contributed by atoms with Crippen LogP contribution in [0.15, 0.2) is 24.3 Å². The van der Waals surface area contributed by atoms with Gasteiger partial charge in [-0.2, -0.15) is 0 Å². The zero-order chi connectivity index (χ0) is 15.8. The number of ether oxygens (including phenoxy) is 1. The first kappa shape index (κ1) is 16.8. The number of hydrogen-bond donors (Lipinski definition) is 3. The number of carbonyl (C=O) groups is 3. The van der Waals surface area contributed by atoms with Crippen LogP contribution in [0.1, 0.15) is 6.92 Å². The molecule has 1 aromatic rings. The number of nitrogens with one attached hydrogen (secondary N) is 2. The second-order valence-electron chi connectivity index (χ2n) is 4.05. The number of carbonyl (C=O) groups excluding carboxylic acids is 3. The van der Waals surface area contributed by atoms with Gasteiger partial charge in [-0.25, -0.2) is 0 Å². The van der Waals surface area contributed by atoms with Crippen LogP contribution >= 0.6 is 11.8 Å². The topological polar surface area (TPSA) is 111 Å². The zero-order valence-electron chi connectivity index (χ0n) is 11.7. The molecule has 0 bridgehead atoms. The van der Waals surface area contributed by atoms with Crippen LogP contribution in [-0.4, -0.2) is 36.0 Å². The fourth-order valence-corrected chi connectivity index (χ4v) is 1.76. The van der Waals surface area contributed by atoms with Gasteiger partial charge in [0.25, 0.3) is 11.1 Å². The van der Waals surface area contributed by atoms with Gasteiger partial charge in [-0.15, -0.1) is 0 Å². The Morgan fingerprint density at radius 1 is 1.29 bits per heavy atom. The molecule has 0 aromatic heterocycles. The van der Waals surface area contributed by atoms with E-state index in [1.54, 1.807) is 31.2 Å². The summed E-state index contributed by atoms with van der Waals surface area (Å²) in [5.74, 6) is -0.0842. The highest BCUT2D eigenvalue weighted by Gasteiger charge is 2.12. The molecule has 0 radical (unpaired) electrons. The van der Waals surface area contributed by atoms with Gasteiger partial charge in [0.15, 0.2) is 6.10 Å². The molecule has 3 amide bonds. The first-order chi connectivity index (χ1) is 9.92. The highest BCUT2D eigenvalue weighted by atomic mass is 32.2. The lowest BCUT2D eigenvalue weighted by Crippen LogP contribution is -2.33. The third kappa shape index (κ3) is 6.17. The second-order valence-corrected chi connectivity index (χ2v) is 5.03. The minimum Gasteiger partial charge on any atom is -0.481 e. The summed E-state index contributed by atoms with van der Waals surface area (Å²) in [5, 5.41) is 4.49. The summed E-state index contributed by atoms with van der Waals surface area (Å²) in [4.78, 5) is 33.3. The molecular weight excluding hydrogens is 294 g/mol. The maximum absolute atomic E-state index is 11.5. The van der Waals surface area contributed by atoms with E-state index in [4.69, 9.17) is 10.5 Å². The molecule has 8 heteroatoms. The van der Waals surface area contributed by atoms with Gasteiger partial charge in [0.05, 0.1) is 5.75 Å². The average Bonchev–Trinajstić information content (AvgIpc) is 2.46. The Balaban J connectivity index is 2.52. The van der Waals surface area contributed by atoms with Gasteiger partial charge in [0.2, 0.25) is 5.91 Å². The average molecular weight is 311 g/mol.